The van der Waals surface area contributed by atoms with Gasteiger partial charge in [-0.15, -0.1) is 0 Å². The summed E-state index contributed by atoms with van der Waals surface area (Å²) in [5.74, 6) is -0.425. The zero-order valence-electron chi connectivity index (χ0n) is 9.05. The molecule has 0 fully saturated rings. The van der Waals surface area contributed by atoms with Crippen molar-refractivity contribution in [1.82, 2.24) is 0 Å². The molecule has 0 heterocycles. The summed E-state index contributed by atoms with van der Waals surface area (Å²) >= 11 is 2.03. The van der Waals surface area contributed by atoms with Crippen LogP contribution in [0, 0.1) is 10.1 Å². The third kappa shape index (κ3) is 3.81. The summed E-state index contributed by atoms with van der Waals surface area (Å²) in [5.41, 5.74) is 1.07. The summed E-state index contributed by atoms with van der Waals surface area (Å²) in [6, 6.07) is 6.09. The molecular weight excluding hydrogens is 337 g/mol. The predicted octanol–water partition coefficient (Wildman–Crippen LogP) is 2.59. The molecule has 0 aromatic heterocycles. The van der Waals surface area contributed by atoms with Gasteiger partial charge in [0.15, 0.2) is 0 Å². The number of nitro groups is 1. The first-order valence-electron chi connectivity index (χ1n) is 4.67. The molecule has 0 aliphatic carbocycles. The highest BCUT2D eigenvalue weighted by Crippen LogP contribution is 2.16. The number of rotatable bonds is 4. The molecule has 0 radical (unpaired) electrons. The molecule has 0 saturated carbocycles. The van der Waals surface area contributed by atoms with Gasteiger partial charge < -0.3 is 4.74 Å². The number of esters is 1. The second kappa shape index (κ2) is 6.33. The molecule has 1 aromatic rings. The molecule has 0 aliphatic heterocycles. The largest absolute Gasteiger partial charge is 0.466 e. The van der Waals surface area contributed by atoms with Crippen LogP contribution < -0.4 is 0 Å². The van der Waals surface area contributed by atoms with E-state index in [1.54, 1.807) is 18.2 Å². The maximum Gasteiger partial charge on any atom is 0.334 e. The Labute approximate surface area is 112 Å². The van der Waals surface area contributed by atoms with Crippen molar-refractivity contribution in [3.8, 4) is 0 Å². The van der Waals surface area contributed by atoms with Gasteiger partial charge in [-0.05, 0) is 11.6 Å². The van der Waals surface area contributed by atoms with Gasteiger partial charge in [0.25, 0.3) is 5.69 Å². The van der Waals surface area contributed by atoms with Gasteiger partial charge in [-0.2, -0.15) is 0 Å². The maximum atomic E-state index is 11.3. The zero-order chi connectivity index (χ0) is 12.8. The Morgan fingerprint density at radius 1 is 1.59 bits per heavy atom. The monoisotopic (exact) mass is 347 g/mol. The number of carbonyl (C=O) groups is 1. The number of hydrogen-bond donors (Lipinski definition) is 0. The smallest absolute Gasteiger partial charge is 0.334 e. The van der Waals surface area contributed by atoms with Gasteiger partial charge in [0.1, 0.15) is 0 Å². The van der Waals surface area contributed by atoms with Crippen molar-refractivity contribution in [2.45, 2.75) is 0 Å². The highest BCUT2D eigenvalue weighted by Gasteiger charge is 2.09. The molecule has 0 N–H and O–H groups in total. The van der Waals surface area contributed by atoms with Crippen LogP contribution in [0.5, 0.6) is 0 Å². The number of nitrogens with zero attached hydrogens (tertiary/aromatic N) is 1. The highest BCUT2D eigenvalue weighted by atomic mass is 127. The lowest BCUT2D eigenvalue weighted by atomic mass is 10.1. The van der Waals surface area contributed by atoms with Gasteiger partial charge in [-0.3, -0.25) is 10.1 Å². The van der Waals surface area contributed by atoms with E-state index < -0.39 is 10.9 Å². The fourth-order valence-electron chi connectivity index (χ4n) is 1.21. The highest BCUT2D eigenvalue weighted by molar-refractivity contribution is 14.1. The van der Waals surface area contributed by atoms with Gasteiger partial charge in [0.05, 0.1) is 12.0 Å². The van der Waals surface area contributed by atoms with Crippen LogP contribution >= 0.6 is 22.6 Å². The lowest BCUT2D eigenvalue weighted by molar-refractivity contribution is -0.384. The van der Waals surface area contributed by atoms with Gasteiger partial charge in [-0.1, -0.05) is 34.7 Å². The molecule has 17 heavy (non-hydrogen) atoms. The summed E-state index contributed by atoms with van der Waals surface area (Å²) in [5, 5.41) is 10.6. The van der Waals surface area contributed by atoms with Crippen LogP contribution in [0.15, 0.2) is 29.8 Å². The average Bonchev–Trinajstić information content (AvgIpc) is 2.35. The third-order valence-electron chi connectivity index (χ3n) is 2.01. The molecule has 0 atom stereocenters. The number of carbonyl (C=O) groups excluding carboxylic acids is 1. The molecule has 6 heteroatoms. The van der Waals surface area contributed by atoms with E-state index >= 15 is 0 Å². The van der Waals surface area contributed by atoms with E-state index in [-0.39, 0.29) is 5.69 Å². The number of benzene rings is 1. The summed E-state index contributed by atoms with van der Waals surface area (Å²) in [6.45, 7) is 0. The topological polar surface area (TPSA) is 69.4 Å². The Bertz CT molecular complexity index is 470. The molecule has 0 amide bonds. The van der Waals surface area contributed by atoms with Gasteiger partial charge in [0.2, 0.25) is 0 Å². The molecule has 0 bridgehead atoms. The Hall–Kier alpha value is -1.44. The molecule has 0 spiro atoms. The second-order valence-electron chi connectivity index (χ2n) is 3.15. The molecule has 90 valence electrons. The van der Waals surface area contributed by atoms with E-state index in [9.17, 15) is 14.9 Å². The Kier molecular flexibility index (Phi) is 5.08. The average molecular weight is 347 g/mol. The van der Waals surface area contributed by atoms with Crippen LogP contribution in [0.3, 0.4) is 0 Å². The quantitative estimate of drug-likeness (QED) is 0.210. The minimum Gasteiger partial charge on any atom is -0.466 e. The summed E-state index contributed by atoms with van der Waals surface area (Å²) in [4.78, 5) is 21.5. The van der Waals surface area contributed by atoms with E-state index in [2.05, 4.69) is 4.74 Å². The molecule has 5 nitrogen and oxygen atoms in total. The van der Waals surface area contributed by atoms with Crippen molar-refractivity contribution in [1.29, 1.82) is 0 Å². The maximum absolute atomic E-state index is 11.3. The van der Waals surface area contributed by atoms with Crippen LogP contribution in [0.1, 0.15) is 5.56 Å². The van der Waals surface area contributed by atoms with E-state index in [1.807, 2.05) is 22.6 Å². The standard InChI is InChI=1S/C11H10INO4/c1-17-11(14)9(7-12)5-8-3-2-4-10(6-8)13(15)16/h2-6H,7H2,1H3/b9-5+. The van der Waals surface area contributed by atoms with Crippen LogP contribution in [-0.2, 0) is 9.53 Å². The molecular formula is C11H10INO4. The molecule has 0 unspecified atom stereocenters. The Morgan fingerprint density at radius 2 is 2.29 bits per heavy atom. The molecule has 0 aliphatic rings. The van der Waals surface area contributed by atoms with Crippen LogP contribution in [0.25, 0.3) is 6.08 Å². The van der Waals surface area contributed by atoms with Crippen LogP contribution in [-0.4, -0.2) is 22.4 Å². The van der Waals surface area contributed by atoms with Gasteiger partial charge in [-0.25, -0.2) is 4.79 Å². The van der Waals surface area contributed by atoms with Gasteiger partial charge >= 0.3 is 5.97 Å². The van der Waals surface area contributed by atoms with Gasteiger partial charge in [0, 0.05) is 22.1 Å². The number of halogens is 1. The van der Waals surface area contributed by atoms with Crippen LogP contribution in [0.4, 0.5) is 5.69 Å². The normalized spacial score (nSPS) is 11.1. The zero-order valence-corrected chi connectivity index (χ0v) is 11.2. The predicted molar refractivity (Wildman–Crippen MR) is 72.0 cm³/mol. The molecule has 0 saturated heterocycles. The van der Waals surface area contributed by atoms with Crippen molar-refractivity contribution >= 4 is 40.3 Å². The fraction of sp³-hybridized carbons (Fsp3) is 0.182. The van der Waals surface area contributed by atoms with Crippen LogP contribution in [0.2, 0.25) is 0 Å². The number of non-ortho nitro benzene ring substituents is 1. The van der Waals surface area contributed by atoms with E-state index in [0.717, 1.165) is 0 Å². The SMILES string of the molecule is COC(=O)/C(=C/c1cccc([N+](=O)[O-])c1)CI. The van der Waals surface area contributed by atoms with Crippen molar-refractivity contribution in [3.05, 3.63) is 45.5 Å². The first kappa shape index (κ1) is 13.6. The molecule has 1 aromatic carbocycles. The van der Waals surface area contributed by atoms with E-state index in [0.29, 0.717) is 15.6 Å². The number of alkyl halides is 1. The minimum atomic E-state index is -0.473. The fourth-order valence-corrected chi connectivity index (χ4v) is 1.74. The lowest BCUT2D eigenvalue weighted by Crippen LogP contribution is -2.05. The number of methoxy groups -OCH3 is 1. The third-order valence-corrected chi connectivity index (χ3v) is 2.84. The van der Waals surface area contributed by atoms with Crippen molar-refractivity contribution in [2.75, 3.05) is 11.5 Å². The Balaban J connectivity index is 3.07. The number of ether oxygens (including phenoxy) is 1. The number of hydrogen-bond acceptors (Lipinski definition) is 4. The number of nitro benzene ring substituents is 1. The summed E-state index contributed by atoms with van der Waals surface area (Å²) in [7, 11) is 1.30. The second-order valence-corrected chi connectivity index (χ2v) is 3.91. The lowest BCUT2D eigenvalue weighted by Gasteiger charge is -2.01. The summed E-state index contributed by atoms with van der Waals surface area (Å²) < 4.78 is 5.09. The molecule has 1 rings (SSSR count). The van der Waals surface area contributed by atoms with E-state index in [1.165, 1.54) is 19.2 Å². The summed E-state index contributed by atoms with van der Waals surface area (Å²) in [6.07, 6.45) is 1.59. The van der Waals surface area contributed by atoms with Crippen molar-refractivity contribution < 1.29 is 14.5 Å². The van der Waals surface area contributed by atoms with Crippen molar-refractivity contribution in [3.63, 3.8) is 0 Å². The van der Waals surface area contributed by atoms with E-state index in [4.69, 9.17) is 0 Å². The first-order chi connectivity index (χ1) is 8.08. The van der Waals surface area contributed by atoms with Crippen molar-refractivity contribution in [2.24, 2.45) is 0 Å². The minimum absolute atomic E-state index is 0.00331. The Morgan fingerprint density at radius 3 is 2.82 bits per heavy atom. The first-order valence-corrected chi connectivity index (χ1v) is 6.20.